The maximum Gasteiger partial charge on any atom is 0.305 e. The Kier molecular flexibility index (Phi) is 4.52. The summed E-state index contributed by atoms with van der Waals surface area (Å²) in [7, 11) is 0. The molecule has 4 N–H and O–H groups in total. The molecular weight excluding hydrogens is 190 g/mol. The van der Waals surface area contributed by atoms with E-state index >= 15 is 0 Å². The van der Waals surface area contributed by atoms with Crippen LogP contribution in [0.5, 0.6) is 0 Å². The second-order valence-corrected chi connectivity index (χ2v) is 3.49. The number of amides is 1. The topological polar surface area (TPSA) is 107 Å². The van der Waals surface area contributed by atoms with Crippen molar-refractivity contribution in [2.45, 2.75) is 32.0 Å². The van der Waals surface area contributed by atoms with Gasteiger partial charge in [-0.3, -0.25) is 9.59 Å². The summed E-state index contributed by atoms with van der Waals surface area (Å²) in [6.07, 6.45) is -1.78. The molecule has 0 aromatic carbocycles. The molecule has 0 fully saturated rings. The average molecular weight is 205 g/mol. The zero-order chi connectivity index (χ0) is 11.4. The van der Waals surface area contributed by atoms with Gasteiger partial charge in [-0.05, 0) is 13.8 Å². The fraction of sp³-hybridized carbons (Fsp3) is 0.750. The van der Waals surface area contributed by atoms with Gasteiger partial charge in [-0.15, -0.1) is 0 Å². The zero-order valence-corrected chi connectivity index (χ0v) is 8.15. The van der Waals surface area contributed by atoms with Crippen molar-refractivity contribution < 1.29 is 24.9 Å². The molecule has 0 aromatic rings. The van der Waals surface area contributed by atoms with Gasteiger partial charge in [0.15, 0.2) is 6.10 Å². The molecule has 1 unspecified atom stereocenters. The number of carboxylic acids is 1. The Morgan fingerprint density at radius 1 is 1.43 bits per heavy atom. The first-order chi connectivity index (χ1) is 6.25. The Bertz CT molecular complexity index is 220. The van der Waals surface area contributed by atoms with Gasteiger partial charge in [-0.25, -0.2) is 0 Å². The van der Waals surface area contributed by atoms with Crippen LogP contribution in [-0.2, 0) is 9.59 Å². The van der Waals surface area contributed by atoms with Gasteiger partial charge in [0, 0.05) is 6.54 Å². The van der Waals surface area contributed by atoms with Crippen LogP contribution in [-0.4, -0.2) is 45.4 Å². The molecule has 1 atom stereocenters. The molecule has 0 bridgehead atoms. The lowest BCUT2D eigenvalue weighted by Gasteiger charge is -2.23. The third-order valence-electron chi connectivity index (χ3n) is 1.56. The Morgan fingerprint density at radius 3 is 2.29 bits per heavy atom. The highest BCUT2D eigenvalue weighted by molar-refractivity contribution is 5.82. The minimum Gasteiger partial charge on any atom is -0.481 e. The summed E-state index contributed by atoms with van der Waals surface area (Å²) in [6, 6.07) is 0. The van der Waals surface area contributed by atoms with Crippen molar-refractivity contribution in [3.8, 4) is 0 Å². The van der Waals surface area contributed by atoms with Crippen LogP contribution in [0.1, 0.15) is 20.3 Å². The quantitative estimate of drug-likeness (QED) is 0.446. The Labute approximate surface area is 81.5 Å². The van der Waals surface area contributed by atoms with E-state index in [1.807, 2.05) is 0 Å². The van der Waals surface area contributed by atoms with Crippen molar-refractivity contribution >= 4 is 11.9 Å². The van der Waals surface area contributed by atoms with Crippen molar-refractivity contribution in [2.24, 2.45) is 0 Å². The van der Waals surface area contributed by atoms with E-state index in [0.29, 0.717) is 0 Å². The lowest BCUT2D eigenvalue weighted by Crippen LogP contribution is -2.48. The number of hydrogen-bond acceptors (Lipinski definition) is 4. The summed E-state index contributed by atoms with van der Waals surface area (Å²) < 4.78 is 0. The molecule has 0 radical (unpaired) electrons. The van der Waals surface area contributed by atoms with Gasteiger partial charge in [-0.1, -0.05) is 0 Å². The SMILES string of the molecule is CC(C)(O)C(O)C(=O)NCCC(=O)O. The van der Waals surface area contributed by atoms with Gasteiger partial charge < -0.3 is 20.6 Å². The van der Waals surface area contributed by atoms with Crippen LogP contribution in [0.4, 0.5) is 0 Å². The van der Waals surface area contributed by atoms with E-state index in [1.54, 1.807) is 0 Å². The molecule has 0 aliphatic rings. The Morgan fingerprint density at radius 2 is 1.93 bits per heavy atom. The number of carbonyl (C=O) groups excluding carboxylic acids is 1. The molecule has 0 spiro atoms. The molecule has 0 rings (SSSR count). The van der Waals surface area contributed by atoms with Crippen LogP contribution in [0.2, 0.25) is 0 Å². The van der Waals surface area contributed by atoms with E-state index in [0.717, 1.165) is 0 Å². The molecule has 82 valence electrons. The number of aliphatic carboxylic acids is 1. The highest BCUT2D eigenvalue weighted by Gasteiger charge is 2.30. The monoisotopic (exact) mass is 205 g/mol. The van der Waals surface area contributed by atoms with E-state index in [2.05, 4.69) is 5.32 Å². The summed E-state index contributed by atoms with van der Waals surface area (Å²) in [6.45, 7) is 2.50. The minimum absolute atomic E-state index is 0.0681. The molecular formula is C8H15NO5. The maximum absolute atomic E-state index is 11.1. The number of aliphatic hydroxyl groups is 2. The third kappa shape index (κ3) is 4.78. The fourth-order valence-corrected chi connectivity index (χ4v) is 0.710. The molecule has 0 heterocycles. The summed E-state index contributed by atoms with van der Waals surface area (Å²) in [5.74, 6) is -1.82. The molecule has 0 saturated carbocycles. The van der Waals surface area contributed by atoms with Crippen molar-refractivity contribution in [1.82, 2.24) is 5.32 Å². The predicted octanol–water partition coefficient (Wildman–Crippen LogP) is -1.29. The van der Waals surface area contributed by atoms with E-state index < -0.39 is 23.6 Å². The molecule has 0 aliphatic heterocycles. The van der Waals surface area contributed by atoms with E-state index in [-0.39, 0.29) is 13.0 Å². The van der Waals surface area contributed by atoms with Crippen LogP contribution in [0.3, 0.4) is 0 Å². The lowest BCUT2D eigenvalue weighted by molar-refractivity contribution is -0.142. The molecule has 1 amide bonds. The largest absolute Gasteiger partial charge is 0.481 e. The Balaban J connectivity index is 3.91. The number of carboxylic acid groups (broad SMARTS) is 1. The van der Waals surface area contributed by atoms with Crippen LogP contribution in [0.25, 0.3) is 0 Å². The molecule has 0 aliphatic carbocycles. The van der Waals surface area contributed by atoms with Crippen molar-refractivity contribution in [3.05, 3.63) is 0 Å². The van der Waals surface area contributed by atoms with Crippen molar-refractivity contribution in [1.29, 1.82) is 0 Å². The van der Waals surface area contributed by atoms with Crippen LogP contribution >= 0.6 is 0 Å². The van der Waals surface area contributed by atoms with Gasteiger partial charge in [0.1, 0.15) is 0 Å². The first-order valence-corrected chi connectivity index (χ1v) is 4.15. The van der Waals surface area contributed by atoms with Gasteiger partial charge in [0.05, 0.1) is 12.0 Å². The Hall–Kier alpha value is -1.14. The molecule has 6 heteroatoms. The van der Waals surface area contributed by atoms with E-state index in [1.165, 1.54) is 13.8 Å². The van der Waals surface area contributed by atoms with E-state index in [4.69, 9.17) is 5.11 Å². The normalized spacial score (nSPS) is 13.4. The summed E-state index contributed by atoms with van der Waals surface area (Å²) in [5, 5.41) is 28.9. The fourth-order valence-electron chi connectivity index (χ4n) is 0.710. The average Bonchev–Trinajstić information content (AvgIpc) is 2.00. The second kappa shape index (κ2) is 4.92. The summed E-state index contributed by atoms with van der Waals surface area (Å²) >= 11 is 0. The first kappa shape index (κ1) is 12.9. The number of nitrogens with one attached hydrogen (secondary N) is 1. The third-order valence-corrected chi connectivity index (χ3v) is 1.56. The van der Waals surface area contributed by atoms with E-state index in [9.17, 15) is 19.8 Å². The van der Waals surface area contributed by atoms with Crippen LogP contribution in [0.15, 0.2) is 0 Å². The van der Waals surface area contributed by atoms with Gasteiger partial charge in [-0.2, -0.15) is 0 Å². The summed E-state index contributed by atoms with van der Waals surface area (Å²) in [4.78, 5) is 21.1. The zero-order valence-electron chi connectivity index (χ0n) is 8.15. The number of carbonyl (C=O) groups is 2. The first-order valence-electron chi connectivity index (χ1n) is 4.15. The molecule has 6 nitrogen and oxygen atoms in total. The molecule has 14 heavy (non-hydrogen) atoms. The standard InChI is InChI=1S/C8H15NO5/c1-8(2,14)6(12)7(13)9-4-3-5(10)11/h6,12,14H,3-4H2,1-2H3,(H,9,13)(H,10,11). The lowest BCUT2D eigenvalue weighted by atomic mass is 10.0. The smallest absolute Gasteiger partial charge is 0.305 e. The van der Waals surface area contributed by atoms with Crippen LogP contribution in [0, 0.1) is 0 Å². The van der Waals surface area contributed by atoms with Gasteiger partial charge in [0.2, 0.25) is 0 Å². The molecule has 0 saturated heterocycles. The van der Waals surface area contributed by atoms with Gasteiger partial charge >= 0.3 is 5.97 Å². The minimum atomic E-state index is -1.56. The van der Waals surface area contributed by atoms with Crippen molar-refractivity contribution in [2.75, 3.05) is 6.54 Å². The number of aliphatic hydroxyl groups excluding tert-OH is 1. The maximum atomic E-state index is 11.1. The number of hydrogen-bond donors (Lipinski definition) is 4. The second-order valence-electron chi connectivity index (χ2n) is 3.49. The molecule has 0 aromatic heterocycles. The predicted molar refractivity (Wildman–Crippen MR) is 47.6 cm³/mol. The number of rotatable bonds is 5. The highest BCUT2D eigenvalue weighted by atomic mass is 16.4. The van der Waals surface area contributed by atoms with Crippen molar-refractivity contribution in [3.63, 3.8) is 0 Å². The summed E-state index contributed by atoms with van der Waals surface area (Å²) in [5.41, 5.74) is -1.53. The highest BCUT2D eigenvalue weighted by Crippen LogP contribution is 2.07. The van der Waals surface area contributed by atoms with Gasteiger partial charge in [0.25, 0.3) is 5.91 Å². The van der Waals surface area contributed by atoms with Crippen LogP contribution < -0.4 is 5.32 Å².